The molecular formula is C20H29N5O2. The molecule has 7 nitrogen and oxygen atoms in total. The molecule has 0 aromatic rings. The lowest BCUT2D eigenvalue weighted by atomic mass is 9.93. The van der Waals surface area contributed by atoms with Gasteiger partial charge in [0, 0.05) is 28.8 Å². The van der Waals surface area contributed by atoms with Gasteiger partial charge in [-0.05, 0) is 63.4 Å². The molecule has 5 rings (SSSR count). The number of nitrogens with one attached hydrogen (secondary N) is 1. The van der Waals surface area contributed by atoms with Crippen molar-refractivity contribution in [3.05, 3.63) is 23.0 Å². The highest BCUT2D eigenvalue weighted by atomic mass is 16.5. The molecule has 0 aromatic carbocycles. The number of ether oxygens (including phenoxy) is 1. The maximum atomic E-state index is 11.9. The maximum absolute atomic E-state index is 11.9. The first-order chi connectivity index (χ1) is 12.9. The fourth-order valence-corrected chi connectivity index (χ4v) is 5.45. The van der Waals surface area contributed by atoms with Crippen molar-refractivity contribution in [3.63, 3.8) is 0 Å². The van der Waals surface area contributed by atoms with Crippen molar-refractivity contribution >= 4 is 11.9 Å². The Kier molecular flexibility index (Phi) is 3.63. The van der Waals surface area contributed by atoms with E-state index in [0.717, 1.165) is 25.7 Å². The number of aliphatic imine (C=N–C) groups is 1. The van der Waals surface area contributed by atoms with E-state index >= 15 is 0 Å². The minimum absolute atomic E-state index is 0.282. The highest BCUT2D eigenvalue weighted by Gasteiger charge is 2.93. The average Bonchev–Trinajstić information content (AvgIpc) is 3.50. The van der Waals surface area contributed by atoms with Crippen molar-refractivity contribution in [2.24, 2.45) is 33.0 Å². The monoisotopic (exact) mass is 371 g/mol. The summed E-state index contributed by atoms with van der Waals surface area (Å²) in [6.45, 7) is 0. The molecule has 0 aliphatic heterocycles. The van der Waals surface area contributed by atoms with Crippen molar-refractivity contribution in [2.75, 3.05) is 0 Å². The second kappa shape index (κ2) is 5.74. The molecule has 0 heterocycles. The van der Waals surface area contributed by atoms with E-state index in [2.05, 4.69) is 10.3 Å². The molecule has 5 aliphatic rings. The van der Waals surface area contributed by atoms with E-state index in [1.165, 1.54) is 43.9 Å². The standard InChI is InChI=1S/C20H29N5O2/c21-15(16-19-7-8-20(16,19)10-19)14(17(22)26)9-24-18(23)25-11-1-3-12(4-2-11)27-13-5-6-13/h9,11-13H,1-8,10,21H2,(H2,22,26)(H3,23,24,25)/b14-9+,16-15?/t11-,12-,19?,20?. The number of nitrogens with two attached hydrogens (primary N) is 3. The predicted molar refractivity (Wildman–Crippen MR) is 102 cm³/mol. The van der Waals surface area contributed by atoms with Crippen molar-refractivity contribution in [2.45, 2.75) is 76.0 Å². The first-order valence-corrected chi connectivity index (χ1v) is 10.2. The molecular weight excluding hydrogens is 342 g/mol. The predicted octanol–water partition coefficient (Wildman–Crippen LogP) is 1.15. The van der Waals surface area contributed by atoms with Crippen LogP contribution in [0.1, 0.15) is 57.8 Å². The van der Waals surface area contributed by atoms with E-state index in [1.54, 1.807) is 0 Å². The summed E-state index contributed by atoms with van der Waals surface area (Å²) < 4.78 is 5.98. The molecule has 5 saturated carbocycles. The highest BCUT2D eigenvalue weighted by molar-refractivity contribution is 5.97. The average molecular weight is 371 g/mol. The van der Waals surface area contributed by atoms with Gasteiger partial charge in [-0.15, -0.1) is 0 Å². The molecule has 0 bridgehead atoms. The van der Waals surface area contributed by atoms with Gasteiger partial charge < -0.3 is 27.3 Å². The Bertz CT molecular complexity index is 749. The van der Waals surface area contributed by atoms with Crippen LogP contribution in [0.15, 0.2) is 28.0 Å². The zero-order chi connectivity index (χ0) is 18.8. The van der Waals surface area contributed by atoms with Crippen LogP contribution in [0.3, 0.4) is 0 Å². The summed E-state index contributed by atoms with van der Waals surface area (Å²) in [4.78, 5) is 16.1. The van der Waals surface area contributed by atoms with Crippen LogP contribution in [0.25, 0.3) is 0 Å². The van der Waals surface area contributed by atoms with Gasteiger partial charge in [-0.3, -0.25) is 4.79 Å². The van der Waals surface area contributed by atoms with Gasteiger partial charge >= 0.3 is 0 Å². The van der Waals surface area contributed by atoms with E-state index in [1.807, 2.05) is 0 Å². The van der Waals surface area contributed by atoms with Crippen molar-refractivity contribution in [3.8, 4) is 0 Å². The number of carbonyl (C=O) groups excluding carboxylic acids is 1. The van der Waals surface area contributed by atoms with Crippen LogP contribution in [0.2, 0.25) is 0 Å². The van der Waals surface area contributed by atoms with E-state index < -0.39 is 5.91 Å². The minimum atomic E-state index is -0.548. The molecule has 2 unspecified atom stereocenters. The van der Waals surface area contributed by atoms with Crippen LogP contribution in [0.5, 0.6) is 0 Å². The summed E-state index contributed by atoms with van der Waals surface area (Å²) in [5.74, 6) is -0.244. The highest BCUT2D eigenvalue weighted by Crippen LogP contribution is 3.01. The Morgan fingerprint density at radius 1 is 1.04 bits per heavy atom. The first kappa shape index (κ1) is 17.1. The van der Waals surface area contributed by atoms with Crippen LogP contribution in [-0.4, -0.2) is 30.1 Å². The van der Waals surface area contributed by atoms with Crippen molar-refractivity contribution in [1.29, 1.82) is 0 Å². The lowest BCUT2D eigenvalue weighted by Gasteiger charge is -2.29. The summed E-state index contributed by atoms with van der Waals surface area (Å²) in [6.07, 6.45) is 12.5. The smallest absolute Gasteiger partial charge is 0.252 e. The van der Waals surface area contributed by atoms with Crippen LogP contribution < -0.4 is 22.5 Å². The summed E-state index contributed by atoms with van der Waals surface area (Å²) in [5, 5.41) is 3.25. The third-order valence-corrected chi connectivity index (χ3v) is 7.36. The summed E-state index contributed by atoms with van der Waals surface area (Å²) >= 11 is 0. The number of amides is 1. The molecule has 0 aromatic heterocycles. The van der Waals surface area contributed by atoms with E-state index in [-0.39, 0.29) is 5.57 Å². The topological polar surface area (TPSA) is 129 Å². The quantitative estimate of drug-likeness (QED) is 0.316. The molecule has 1 amide bonds. The maximum Gasteiger partial charge on any atom is 0.252 e. The molecule has 0 spiro atoms. The van der Waals surface area contributed by atoms with E-state index in [0.29, 0.717) is 40.7 Å². The zero-order valence-electron chi connectivity index (χ0n) is 15.7. The molecule has 146 valence electrons. The Hall–Kier alpha value is -2.02. The molecule has 7 heteroatoms. The second-order valence-electron chi connectivity index (χ2n) is 9.00. The SMILES string of the molecule is NC(=O)/C(=C/N=C(\N)N[C@H]1CC[C@H](OC2CC2)CC1)C(N)=C1C23CCC12C3. The third kappa shape index (κ3) is 2.66. The normalized spacial score (nSPS) is 39.8. The first-order valence-electron chi connectivity index (χ1n) is 10.2. The number of guanidine groups is 1. The van der Waals surface area contributed by atoms with Gasteiger partial charge in [0.25, 0.3) is 5.91 Å². The Morgan fingerprint density at radius 3 is 2.11 bits per heavy atom. The Labute approximate surface area is 159 Å². The number of allylic oxidation sites excluding steroid dienone is 1. The molecule has 2 atom stereocenters. The van der Waals surface area contributed by atoms with Gasteiger partial charge in [0.2, 0.25) is 0 Å². The lowest BCUT2D eigenvalue weighted by molar-refractivity contribution is -0.114. The minimum Gasteiger partial charge on any atom is -0.398 e. The van der Waals surface area contributed by atoms with Crippen LogP contribution in [0, 0.1) is 10.8 Å². The van der Waals surface area contributed by atoms with Gasteiger partial charge in [0.05, 0.1) is 17.8 Å². The Balaban J connectivity index is 1.19. The molecule has 0 saturated heterocycles. The largest absolute Gasteiger partial charge is 0.398 e. The van der Waals surface area contributed by atoms with Crippen LogP contribution >= 0.6 is 0 Å². The number of hydrogen-bond donors (Lipinski definition) is 4. The molecule has 27 heavy (non-hydrogen) atoms. The lowest BCUT2D eigenvalue weighted by Crippen LogP contribution is -2.42. The summed E-state index contributed by atoms with van der Waals surface area (Å²) in [6, 6.07) is 0.290. The summed E-state index contributed by atoms with van der Waals surface area (Å²) in [5.41, 5.74) is 20.5. The fraction of sp³-hybridized carbons (Fsp3) is 0.700. The van der Waals surface area contributed by atoms with Crippen LogP contribution in [0.4, 0.5) is 0 Å². The van der Waals surface area contributed by atoms with Crippen LogP contribution in [-0.2, 0) is 9.53 Å². The molecule has 7 N–H and O–H groups in total. The number of nitrogens with zero attached hydrogens (tertiary/aromatic N) is 1. The van der Waals surface area contributed by atoms with Gasteiger partial charge in [-0.25, -0.2) is 4.99 Å². The third-order valence-electron chi connectivity index (χ3n) is 7.36. The Morgan fingerprint density at radius 2 is 1.63 bits per heavy atom. The van der Waals surface area contributed by atoms with E-state index in [9.17, 15) is 4.79 Å². The number of primary amides is 1. The zero-order valence-corrected chi connectivity index (χ0v) is 15.7. The molecule has 5 fully saturated rings. The van der Waals surface area contributed by atoms with Gasteiger partial charge in [-0.1, -0.05) is 0 Å². The fourth-order valence-electron chi connectivity index (χ4n) is 5.45. The van der Waals surface area contributed by atoms with E-state index in [4.69, 9.17) is 21.9 Å². The number of hydrogen-bond acceptors (Lipinski definition) is 4. The van der Waals surface area contributed by atoms with Crippen molar-refractivity contribution < 1.29 is 9.53 Å². The van der Waals surface area contributed by atoms with Gasteiger partial charge in [0.15, 0.2) is 5.96 Å². The number of rotatable bonds is 6. The number of carbonyl (C=O) groups is 1. The van der Waals surface area contributed by atoms with Crippen molar-refractivity contribution in [1.82, 2.24) is 5.32 Å². The van der Waals surface area contributed by atoms with Gasteiger partial charge in [-0.2, -0.15) is 0 Å². The van der Waals surface area contributed by atoms with Gasteiger partial charge in [0.1, 0.15) is 0 Å². The summed E-state index contributed by atoms with van der Waals surface area (Å²) in [7, 11) is 0. The molecule has 5 aliphatic carbocycles. The molecule has 0 radical (unpaired) electrons. The second-order valence-corrected chi connectivity index (χ2v) is 9.00.